The van der Waals surface area contributed by atoms with Crippen LogP contribution in [0.5, 0.6) is 5.75 Å². The molecule has 0 fully saturated rings. The van der Waals surface area contributed by atoms with Crippen molar-refractivity contribution >= 4 is 17.2 Å². The molecule has 0 saturated carbocycles. The van der Waals surface area contributed by atoms with Gasteiger partial charge in [0.2, 0.25) is 0 Å². The highest BCUT2D eigenvalue weighted by Crippen LogP contribution is 2.40. The lowest BCUT2D eigenvalue weighted by molar-refractivity contribution is 0.381. The molecule has 0 unspecified atom stereocenters. The Balaban J connectivity index is 3.33. The van der Waals surface area contributed by atoms with Gasteiger partial charge >= 0.3 is 0 Å². The maximum atomic E-state index is 5.79. The van der Waals surface area contributed by atoms with E-state index in [2.05, 4.69) is 53.7 Å². The van der Waals surface area contributed by atoms with E-state index in [1.54, 1.807) is 7.11 Å². The Kier molecular flexibility index (Phi) is 6.03. The van der Waals surface area contributed by atoms with Crippen LogP contribution in [0.1, 0.15) is 71.1 Å². The minimum Gasteiger partial charge on any atom is -0.496 e. The maximum absolute atomic E-state index is 5.79. The largest absolute Gasteiger partial charge is 0.496 e. The van der Waals surface area contributed by atoms with E-state index in [0.29, 0.717) is 4.99 Å². The summed E-state index contributed by atoms with van der Waals surface area (Å²) < 4.78 is 5.79. The van der Waals surface area contributed by atoms with Crippen molar-refractivity contribution in [1.29, 1.82) is 0 Å². The van der Waals surface area contributed by atoms with Crippen molar-refractivity contribution in [3.8, 4) is 5.75 Å². The lowest BCUT2D eigenvalue weighted by Crippen LogP contribution is -2.20. The highest BCUT2D eigenvalue weighted by Gasteiger charge is 2.27. The van der Waals surface area contributed by atoms with Gasteiger partial charge in [-0.3, -0.25) is 0 Å². The molecular weight excluding hydrogens is 290 g/mol. The number of hydrogen-bond donors (Lipinski definition) is 1. The number of thiocarbonyl (C=S) groups is 1. The molecule has 124 valence electrons. The summed E-state index contributed by atoms with van der Waals surface area (Å²) in [5.41, 5.74) is 9.59. The Hall–Kier alpha value is -1.09. The molecule has 0 spiro atoms. The standard InChI is InChI=1S/C19H31NOS/c1-18(2,3)14-11-13(9-8-10-16(20)22)12-15(17(14)21-7)19(4,5)6/h11-12H,8-10H2,1-7H3,(H2,20,22). The summed E-state index contributed by atoms with van der Waals surface area (Å²) in [5, 5.41) is 0. The third kappa shape index (κ3) is 4.98. The fourth-order valence-electron chi connectivity index (χ4n) is 2.63. The quantitative estimate of drug-likeness (QED) is 0.784. The first kappa shape index (κ1) is 19.0. The van der Waals surface area contributed by atoms with Crippen LogP contribution in [-0.4, -0.2) is 12.1 Å². The summed E-state index contributed by atoms with van der Waals surface area (Å²) in [5.74, 6) is 1.03. The van der Waals surface area contributed by atoms with E-state index in [4.69, 9.17) is 22.7 Å². The van der Waals surface area contributed by atoms with Gasteiger partial charge in [-0.15, -0.1) is 0 Å². The summed E-state index contributed by atoms with van der Waals surface area (Å²) in [7, 11) is 1.77. The summed E-state index contributed by atoms with van der Waals surface area (Å²) >= 11 is 4.98. The predicted molar refractivity (Wildman–Crippen MR) is 100 cm³/mol. The van der Waals surface area contributed by atoms with Gasteiger partial charge in [-0.2, -0.15) is 0 Å². The van der Waals surface area contributed by atoms with E-state index in [-0.39, 0.29) is 10.8 Å². The van der Waals surface area contributed by atoms with Crippen LogP contribution in [0.25, 0.3) is 0 Å². The molecule has 22 heavy (non-hydrogen) atoms. The molecule has 1 rings (SSSR count). The van der Waals surface area contributed by atoms with Crippen LogP contribution < -0.4 is 10.5 Å². The minimum absolute atomic E-state index is 0.0462. The van der Waals surface area contributed by atoms with Gasteiger partial charge in [0.1, 0.15) is 5.75 Å². The Labute approximate surface area is 141 Å². The van der Waals surface area contributed by atoms with Crippen LogP contribution in [0.4, 0.5) is 0 Å². The van der Waals surface area contributed by atoms with Crippen molar-refractivity contribution in [2.75, 3.05) is 7.11 Å². The minimum atomic E-state index is 0.0462. The fraction of sp³-hybridized carbons (Fsp3) is 0.632. The first-order valence-electron chi connectivity index (χ1n) is 7.97. The van der Waals surface area contributed by atoms with Gasteiger partial charge in [0, 0.05) is 11.1 Å². The van der Waals surface area contributed by atoms with Crippen molar-refractivity contribution in [1.82, 2.24) is 0 Å². The van der Waals surface area contributed by atoms with E-state index in [0.717, 1.165) is 25.0 Å². The number of hydrogen-bond acceptors (Lipinski definition) is 2. The average Bonchev–Trinajstić information content (AvgIpc) is 2.35. The second-order valence-electron chi connectivity index (χ2n) is 8.04. The van der Waals surface area contributed by atoms with Crippen molar-refractivity contribution in [2.45, 2.75) is 71.6 Å². The lowest BCUT2D eigenvalue weighted by Gasteiger charge is -2.30. The van der Waals surface area contributed by atoms with Crippen molar-refractivity contribution < 1.29 is 4.74 Å². The molecule has 0 radical (unpaired) electrons. The molecule has 2 nitrogen and oxygen atoms in total. The number of aryl methyl sites for hydroxylation is 1. The van der Waals surface area contributed by atoms with E-state index < -0.39 is 0 Å². The molecule has 0 aliphatic carbocycles. The molecule has 0 heterocycles. The number of methoxy groups -OCH3 is 1. The zero-order valence-corrected chi connectivity index (χ0v) is 16.0. The number of nitrogens with two attached hydrogens (primary N) is 1. The van der Waals surface area contributed by atoms with E-state index in [9.17, 15) is 0 Å². The molecule has 0 bridgehead atoms. The van der Waals surface area contributed by atoms with Gasteiger partial charge in [-0.05, 0) is 35.7 Å². The number of benzene rings is 1. The van der Waals surface area contributed by atoms with Crippen LogP contribution in [-0.2, 0) is 17.3 Å². The third-order valence-electron chi connectivity index (χ3n) is 3.86. The fourth-order valence-corrected chi connectivity index (χ4v) is 2.78. The summed E-state index contributed by atoms with van der Waals surface area (Å²) in [6.07, 6.45) is 2.79. The van der Waals surface area contributed by atoms with Crippen molar-refractivity contribution in [3.63, 3.8) is 0 Å². The van der Waals surface area contributed by atoms with Gasteiger partial charge in [0.25, 0.3) is 0 Å². The van der Waals surface area contributed by atoms with Crippen molar-refractivity contribution in [2.24, 2.45) is 5.73 Å². The molecule has 1 aromatic rings. The smallest absolute Gasteiger partial charge is 0.126 e. The normalized spacial score (nSPS) is 12.3. The number of rotatable bonds is 5. The SMILES string of the molecule is COc1c(C(C)(C)C)cc(CCCC(N)=S)cc1C(C)(C)C. The molecule has 2 N–H and O–H groups in total. The third-order valence-corrected chi connectivity index (χ3v) is 4.06. The van der Waals surface area contributed by atoms with Gasteiger partial charge in [-0.1, -0.05) is 65.9 Å². The lowest BCUT2D eigenvalue weighted by atomic mass is 9.78. The summed E-state index contributed by atoms with van der Waals surface area (Å²) in [4.78, 5) is 0.598. The van der Waals surface area contributed by atoms with Crippen molar-refractivity contribution in [3.05, 3.63) is 28.8 Å². The Bertz CT molecular complexity index is 500. The molecule has 0 aromatic heterocycles. The second-order valence-corrected chi connectivity index (χ2v) is 8.57. The van der Waals surface area contributed by atoms with Gasteiger partial charge in [0.05, 0.1) is 12.1 Å². The molecule has 0 atom stereocenters. The van der Waals surface area contributed by atoms with Gasteiger partial charge < -0.3 is 10.5 Å². The topological polar surface area (TPSA) is 35.2 Å². The van der Waals surface area contributed by atoms with E-state index in [1.807, 2.05) is 0 Å². The Morgan fingerprint density at radius 3 is 1.82 bits per heavy atom. The highest BCUT2D eigenvalue weighted by atomic mass is 32.1. The summed E-state index contributed by atoms with van der Waals surface area (Å²) in [6.45, 7) is 13.4. The monoisotopic (exact) mass is 321 g/mol. The van der Waals surface area contributed by atoms with Crippen LogP contribution in [0, 0.1) is 0 Å². The van der Waals surface area contributed by atoms with Gasteiger partial charge in [0.15, 0.2) is 0 Å². The zero-order chi connectivity index (χ0) is 17.1. The first-order chi connectivity index (χ1) is 9.96. The van der Waals surface area contributed by atoms with Crippen LogP contribution >= 0.6 is 12.2 Å². The van der Waals surface area contributed by atoms with Crippen LogP contribution in [0.2, 0.25) is 0 Å². The maximum Gasteiger partial charge on any atom is 0.126 e. The Morgan fingerprint density at radius 2 is 1.50 bits per heavy atom. The molecule has 0 aliphatic rings. The van der Waals surface area contributed by atoms with E-state index in [1.165, 1.54) is 16.7 Å². The average molecular weight is 322 g/mol. The molecule has 0 saturated heterocycles. The summed E-state index contributed by atoms with van der Waals surface area (Å²) in [6, 6.07) is 4.57. The molecule has 0 amide bonds. The highest BCUT2D eigenvalue weighted by molar-refractivity contribution is 7.80. The molecular formula is C19H31NOS. The predicted octanol–water partition coefficient (Wildman–Crippen LogP) is 4.90. The van der Waals surface area contributed by atoms with Gasteiger partial charge in [-0.25, -0.2) is 0 Å². The van der Waals surface area contributed by atoms with Crippen LogP contribution in [0.3, 0.4) is 0 Å². The molecule has 0 aliphatic heterocycles. The second kappa shape index (κ2) is 6.99. The molecule has 3 heteroatoms. The number of ether oxygens (including phenoxy) is 1. The Morgan fingerprint density at radius 1 is 1.05 bits per heavy atom. The van der Waals surface area contributed by atoms with E-state index >= 15 is 0 Å². The first-order valence-corrected chi connectivity index (χ1v) is 8.38. The van der Waals surface area contributed by atoms with Crippen LogP contribution in [0.15, 0.2) is 12.1 Å². The molecule has 1 aromatic carbocycles. The zero-order valence-electron chi connectivity index (χ0n) is 15.2.